The SMILES string of the molecule is CCc1nccn1C1CCCN(C(=O)CN(C)C2CC2)C1. The molecular formula is C16H26N4O. The maximum Gasteiger partial charge on any atom is 0.236 e. The van der Waals surface area contributed by atoms with Crippen molar-refractivity contribution in [3.05, 3.63) is 18.2 Å². The molecule has 1 aromatic heterocycles. The summed E-state index contributed by atoms with van der Waals surface area (Å²) in [6.45, 7) is 4.45. The van der Waals surface area contributed by atoms with Gasteiger partial charge in [0.1, 0.15) is 5.82 Å². The number of aryl methyl sites for hydroxylation is 1. The highest BCUT2D eigenvalue weighted by molar-refractivity contribution is 5.78. The highest BCUT2D eigenvalue weighted by Gasteiger charge is 2.30. The highest BCUT2D eigenvalue weighted by atomic mass is 16.2. The molecule has 1 unspecified atom stereocenters. The van der Waals surface area contributed by atoms with Crippen LogP contribution in [0, 0.1) is 0 Å². The van der Waals surface area contributed by atoms with Gasteiger partial charge in [0.05, 0.1) is 12.6 Å². The third-order valence-electron chi connectivity index (χ3n) is 4.76. The molecule has 1 aliphatic heterocycles. The van der Waals surface area contributed by atoms with E-state index in [0.29, 0.717) is 18.6 Å². The zero-order valence-electron chi connectivity index (χ0n) is 13.2. The van der Waals surface area contributed by atoms with Crippen LogP contribution in [0.1, 0.15) is 44.5 Å². The summed E-state index contributed by atoms with van der Waals surface area (Å²) in [7, 11) is 2.07. The lowest BCUT2D eigenvalue weighted by molar-refractivity contribution is -0.133. The van der Waals surface area contributed by atoms with E-state index in [9.17, 15) is 4.79 Å². The van der Waals surface area contributed by atoms with Crippen molar-refractivity contribution in [1.29, 1.82) is 0 Å². The smallest absolute Gasteiger partial charge is 0.236 e. The van der Waals surface area contributed by atoms with Gasteiger partial charge in [-0.05, 0) is 32.7 Å². The lowest BCUT2D eigenvalue weighted by atomic mass is 10.1. The van der Waals surface area contributed by atoms with E-state index in [1.54, 1.807) is 0 Å². The second-order valence-electron chi connectivity index (χ2n) is 6.39. The molecule has 21 heavy (non-hydrogen) atoms. The Morgan fingerprint density at radius 3 is 2.95 bits per heavy atom. The molecule has 1 saturated carbocycles. The van der Waals surface area contributed by atoms with Gasteiger partial charge in [0, 0.05) is 37.9 Å². The van der Waals surface area contributed by atoms with Gasteiger partial charge in [-0.25, -0.2) is 4.98 Å². The summed E-state index contributed by atoms with van der Waals surface area (Å²) in [5.74, 6) is 1.41. The van der Waals surface area contributed by atoms with Crippen molar-refractivity contribution in [1.82, 2.24) is 19.4 Å². The van der Waals surface area contributed by atoms with Crippen LogP contribution in [0.3, 0.4) is 0 Å². The predicted octanol–water partition coefficient (Wildman–Crippen LogP) is 1.70. The van der Waals surface area contributed by atoms with E-state index in [1.165, 1.54) is 12.8 Å². The van der Waals surface area contributed by atoms with Crippen molar-refractivity contribution >= 4 is 5.91 Å². The zero-order chi connectivity index (χ0) is 14.8. The van der Waals surface area contributed by atoms with Gasteiger partial charge in [0.25, 0.3) is 0 Å². The van der Waals surface area contributed by atoms with E-state index >= 15 is 0 Å². The number of imidazole rings is 1. The van der Waals surface area contributed by atoms with Crippen LogP contribution in [0.4, 0.5) is 0 Å². The topological polar surface area (TPSA) is 41.4 Å². The molecule has 2 aliphatic rings. The van der Waals surface area contributed by atoms with E-state index in [0.717, 1.165) is 38.2 Å². The van der Waals surface area contributed by atoms with Crippen LogP contribution >= 0.6 is 0 Å². The van der Waals surface area contributed by atoms with Crippen molar-refractivity contribution in [3.8, 4) is 0 Å². The van der Waals surface area contributed by atoms with E-state index in [2.05, 4.69) is 34.6 Å². The Morgan fingerprint density at radius 1 is 1.43 bits per heavy atom. The fourth-order valence-corrected chi connectivity index (χ4v) is 3.32. The summed E-state index contributed by atoms with van der Waals surface area (Å²) < 4.78 is 2.27. The largest absolute Gasteiger partial charge is 0.340 e. The first-order chi connectivity index (χ1) is 10.2. The van der Waals surface area contributed by atoms with Crippen molar-refractivity contribution in [2.45, 2.75) is 51.1 Å². The Bertz CT molecular complexity index is 494. The maximum atomic E-state index is 12.5. The second-order valence-corrected chi connectivity index (χ2v) is 6.39. The van der Waals surface area contributed by atoms with Gasteiger partial charge in [-0.2, -0.15) is 0 Å². The van der Waals surface area contributed by atoms with E-state index in [4.69, 9.17) is 0 Å². The first-order valence-electron chi connectivity index (χ1n) is 8.18. The Labute approximate surface area is 126 Å². The van der Waals surface area contributed by atoms with Gasteiger partial charge in [-0.15, -0.1) is 0 Å². The average Bonchev–Trinajstić information content (AvgIpc) is 3.25. The minimum atomic E-state index is 0.285. The molecule has 0 aromatic carbocycles. The van der Waals surface area contributed by atoms with E-state index in [1.807, 2.05) is 11.1 Å². The van der Waals surface area contributed by atoms with Crippen LogP contribution in [-0.4, -0.2) is 58.0 Å². The maximum absolute atomic E-state index is 12.5. The molecule has 5 heteroatoms. The summed E-state index contributed by atoms with van der Waals surface area (Å²) >= 11 is 0. The molecule has 1 atom stereocenters. The molecule has 1 saturated heterocycles. The summed E-state index contributed by atoms with van der Waals surface area (Å²) in [5.41, 5.74) is 0. The van der Waals surface area contributed by atoms with Gasteiger partial charge in [0.2, 0.25) is 5.91 Å². The van der Waals surface area contributed by atoms with Crippen LogP contribution in [0.5, 0.6) is 0 Å². The number of rotatable bonds is 5. The zero-order valence-corrected chi connectivity index (χ0v) is 13.2. The molecule has 2 heterocycles. The fraction of sp³-hybridized carbons (Fsp3) is 0.750. The molecule has 2 fully saturated rings. The molecule has 116 valence electrons. The number of aromatic nitrogens is 2. The number of carbonyl (C=O) groups is 1. The molecule has 1 amide bonds. The number of piperidine rings is 1. The predicted molar refractivity (Wildman–Crippen MR) is 82.1 cm³/mol. The van der Waals surface area contributed by atoms with Crippen LogP contribution in [0.25, 0.3) is 0 Å². The molecule has 0 spiro atoms. The molecule has 0 bridgehead atoms. The number of carbonyl (C=O) groups excluding carboxylic acids is 1. The normalized spacial score (nSPS) is 22.8. The first kappa shape index (κ1) is 14.6. The van der Waals surface area contributed by atoms with Crippen LogP contribution < -0.4 is 0 Å². The Balaban J connectivity index is 1.61. The fourth-order valence-electron chi connectivity index (χ4n) is 3.32. The van der Waals surface area contributed by atoms with Crippen LogP contribution in [0.15, 0.2) is 12.4 Å². The molecule has 3 rings (SSSR count). The van der Waals surface area contributed by atoms with Gasteiger partial charge in [-0.1, -0.05) is 6.92 Å². The Morgan fingerprint density at radius 2 is 2.24 bits per heavy atom. The Kier molecular flexibility index (Phi) is 4.29. The minimum Gasteiger partial charge on any atom is -0.340 e. The number of amides is 1. The van der Waals surface area contributed by atoms with Gasteiger partial charge in [-0.3, -0.25) is 9.69 Å². The molecule has 5 nitrogen and oxygen atoms in total. The summed E-state index contributed by atoms with van der Waals surface area (Å²) in [6.07, 6.45) is 9.62. The highest BCUT2D eigenvalue weighted by Crippen LogP contribution is 2.26. The van der Waals surface area contributed by atoms with Gasteiger partial charge >= 0.3 is 0 Å². The van der Waals surface area contributed by atoms with E-state index < -0.39 is 0 Å². The lowest BCUT2D eigenvalue weighted by Crippen LogP contribution is -2.45. The third-order valence-corrected chi connectivity index (χ3v) is 4.76. The van der Waals surface area contributed by atoms with Gasteiger partial charge in [0.15, 0.2) is 0 Å². The van der Waals surface area contributed by atoms with E-state index in [-0.39, 0.29) is 5.91 Å². The third kappa shape index (κ3) is 3.28. The molecule has 1 aliphatic carbocycles. The summed E-state index contributed by atoms with van der Waals surface area (Å²) in [6, 6.07) is 1.04. The number of likely N-dealkylation sites (tertiary alicyclic amines) is 1. The quantitative estimate of drug-likeness (QED) is 0.829. The number of hydrogen-bond acceptors (Lipinski definition) is 3. The number of likely N-dealkylation sites (N-methyl/N-ethyl adjacent to an activating group) is 1. The monoisotopic (exact) mass is 290 g/mol. The van der Waals surface area contributed by atoms with Crippen LogP contribution in [-0.2, 0) is 11.2 Å². The van der Waals surface area contributed by atoms with Crippen molar-refractivity contribution < 1.29 is 4.79 Å². The minimum absolute atomic E-state index is 0.285. The van der Waals surface area contributed by atoms with Crippen molar-refractivity contribution in [2.75, 3.05) is 26.7 Å². The van der Waals surface area contributed by atoms with Crippen LogP contribution in [0.2, 0.25) is 0 Å². The second kappa shape index (κ2) is 6.18. The molecular weight excluding hydrogens is 264 g/mol. The van der Waals surface area contributed by atoms with Crippen molar-refractivity contribution in [2.24, 2.45) is 0 Å². The lowest BCUT2D eigenvalue weighted by Gasteiger charge is -2.35. The number of hydrogen-bond donors (Lipinski definition) is 0. The summed E-state index contributed by atoms with van der Waals surface area (Å²) in [5, 5.41) is 0. The molecule has 0 N–H and O–H groups in total. The standard InChI is InChI=1S/C16H26N4O/c1-3-15-17-8-10-20(15)14-5-4-9-19(11-14)16(21)12-18(2)13-6-7-13/h8,10,13-14H,3-7,9,11-12H2,1-2H3. The van der Waals surface area contributed by atoms with Gasteiger partial charge < -0.3 is 9.47 Å². The molecule has 1 aromatic rings. The average molecular weight is 290 g/mol. The Hall–Kier alpha value is -1.36. The first-order valence-corrected chi connectivity index (χ1v) is 8.18. The number of nitrogens with zero attached hydrogens (tertiary/aromatic N) is 4. The van der Waals surface area contributed by atoms with Crippen molar-refractivity contribution in [3.63, 3.8) is 0 Å². The summed E-state index contributed by atoms with van der Waals surface area (Å²) in [4.78, 5) is 21.1. The molecule has 0 radical (unpaired) electrons.